The number of methoxy groups -OCH3 is 1. The SMILES string of the molecule is COc1cc(Cl)c(C)cc1NC(=O)C1CC1C(=O)N1CCc2ccccc2C1. The Morgan fingerprint density at radius 2 is 1.93 bits per heavy atom. The second-order valence-electron chi connectivity index (χ2n) is 7.52. The van der Waals surface area contributed by atoms with E-state index in [-0.39, 0.29) is 23.7 Å². The van der Waals surface area contributed by atoms with Crippen molar-refractivity contribution >= 4 is 29.1 Å². The zero-order chi connectivity index (χ0) is 19.8. The predicted octanol–water partition coefficient (Wildman–Crippen LogP) is 3.82. The van der Waals surface area contributed by atoms with Crippen molar-refractivity contribution in [1.82, 2.24) is 4.90 Å². The van der Waals surface area contributed by atoms with Crippen LogP contribution in [0.2, 0.25) is 5.02 Å². The molecule has 4 rings (SSSR count). The molecule has 0 radical (unpaired) electrons. The number of anilines is 1. The molecular weight excluding hydrogens is 376 g/mol. The van der Waals surface area contributed by atoms with E-state index < -0.39 is 0 Å². The predicted molar refractivity (Wildman–Crippen MR) is 109 cm³/mol. The molecule has 2 unspecified atom stereocenters. The lowest BCUT2D eigenvalue weighted by molar-refractivity contribution is -0.135. The van der Waals surface area contributed by atoms with Gasteiger partial charge in [-0.15, -0.1) is 0 Å². The van der Waals surface area contributed by atoms with Crippen LogP contribution < -0.4 is 10.1 Å². The number of nitrogens with one attached hydrogen (secondary N) is 1. The highest BCUT2D eigenvalue weighted by Crippen LogP contribution is 2.42. The first kappa shape index (κ1) is 18.8. The van der Waals surface area contributed by atoms with Gasteiger partial charge < -0.3 is 15.0 Å². The lowest BCUT2D eigenvalue weighted by Gasteiger charge is -2.29. The number of nitrogens with zero attached hydrogens (tertiary/aromatic N) is 1. The molecule has 1 N–H and O–H groups in total. The first-order valence-corrected chi connectivity index (χ1v) is 9.86. The fourth-order valence-electron chi connectivity index (χ4n) is 3.83. The van der Waals surface area contributed by atoms with Crippen LogP contribution in [0.5, 0.6) is 5.75 Å². The van der Waals surface area contributed by atoms with Crippen LogP contribution in [0.3, 0.4) is 0 Å². The van der Waals surface area contributed by atoms with Crippen molar-refractivity contribution in [1.29, 1.82) is 0 Å². The van der Waals surface area contributed by atoms with Gasteiger partial charge in [-0.1, -0.05) is 35.9 Å². The summed E-state index contributed by atoms with van der Waals surface area (Å²) in [5.41, 5.74) is 3.94. The van der Waals surface area contributed by atoms with Gasteiger partial charge in [0.2, 0.25) is 11.8 Å². The zero-order valence-electron chi connectivity index (χ0n) is 16.0. The highest BCUT2D eigenvalue weighted by molar-refractivity contribution is 6.31. The van der Waals surface area contributed by atoms with Crippen LogP contribution in [0.25, 0.3) is 0 Å². The average Bonchev–Trinajstić information content (AvgIpc) is 3.50. The maximum atomic E-state index is 12.9. The third-order valence-electron chi connectivity index (χ3n) is 5.63. The molecule has 0 aromatic heterocycles. The van der Waals surface area contributed by atoms with Crippen LogP contribution >= 0.6 is 11.6 Å². The van der Waals surface area contributed by atoms with Crippen LogP contribution in [-0.2, 0) is 22.6 Å². The summed E-state index contributed by atoms with van der Waals surface area (Å²) in [4.78, 5) is 27.4. The molecule has 1 aliphatic heterocycles. The van der Waals surface area contributed by atoms with Gasteiger partial charge in [-0.05, 0) is 42.5 Å². The molecule has 1 saturated carbocycles. The highest BCUT2D eigenvalue weighted by atomic mass is 35.5. The first-order valence-electron chi connectivity index (χ1n) is 9.48. The summed E-state index contributed by atoms with van der Waals surface area (Å²) in [5, 5.41) is 3.48. The van der Waals surface area contributed by atoms with Gasteiger partial charge >= 0.3 is 0 Å². The minimum Gasteiger partial charge on any atom is -0.495 e. The third kappa shape index (κ3) is 3.59. The molecule has 1 heterocycles. The van der Waals surface area contributed by atoms with Crippen molar-refractivity contribution in [2.24, 2.45) is 11.8 Å². The number of rotatable bonds is 4. The van der Waals surface area contributed by atoms with E-state index in [1.807, 2.05) is 24.0 Å². The normalized spacial score (nSPS) is 20.3. The van der Waals surface area contributed by atoms with Crippen molar-refractivity contribution < 1.29 is 14.3 Å². The van der Waals surface area contributed by atoms with Crippen LogP contribution in [0, 0.1) is 18.8 Å². The Balaban J connectivity index is 1.40. The minimum atomic E-state index is -0.287. The largest absolute Gasteiger partial charge is 0.495 e. The molecule has 0 bridgehead atoms. The molecule has 2 atom stereocenters. The number of hydrogen-bond donors (Lipinski definition) is 1. The molecule has 5 nitrogen and oxygen atoms in total. The lowest BCUT2D eigenvalue weighted by Crippen LogP contribution is -2.37. The number of halogens is 1. The number of carbonyl (C=O) groups excluding carboxylic acids is 2. The summed E-state index contributed by atoms with van der Waals surface area (Å²) < 4.78 is 5.31. The average molecular weight is 399 g/mol. The summed E-state index contributed by atoms with van der Waals surface area (Å²) in [6, 6.07) is 11.7. The van der Waals surface area contributed by atoms with E-state index in [9.17, 15) is 9.59 Å². The first-order chi connectivity index (χ1) is 13.5. The molecule has 2 aromatic carbocycles. The Kier molecular flexibility index (Phi) is 5.02. The molecule has 0 saturated heterocycles. The van der Waals surface area contributed by atoms with Gasteiger partial charge in [0, 0.05) is 24.2 Å². The molecule has 1 fully saturated rings. The van der Waals surface area contributed by atoms with Gasteiger partial charge in [-0.25, -0.2) is 0 Å². The van der Waals surface area contributed by atoms with Gasteiger partial charge in [-0.2, -0.15) is 0 Å². The second kappa shape index (κ2) is 7.47. The smallest absolute Gasteiger partial charge is 0.228 e. The zero-order valence-corrected chi connectivity index (χ0v) is 16.8. The van der Waals surface area contributed by atoms with Gasteiger partial charge in [0.1, 0.15) is 5.75 Å². The van der Waals surface area contributed by atoms with Crippen LogP contribution in [0.15, 0.2) is 36.4 Å². The van der Waals surface area contributed by atoms with Crippen molar-refractivity contribution in [2.75, 3.05) is 19.0 Å². The van der Waals surface area contributed by atoms with E-state index in [0.717, 1.165) is 12.0 Å². The summed E-state index contributed by atoms with van der Waals surface area (Å²) in [7, 11) is 1.54. The summed E-state index contributed by atoms with van der Waals surface area (Å²) >= 11 is 6.12. The molecule has 28 heavy (non-hydrogen) atoms. The Bertz CT molecular complexity index is 943. The molecule has 6 heteroatoms. The van der Waals surface area contributed by atoms with Gasteiger partial charge in [-0.3, -0.25) is 9.59 Å². The molecule has 2 aliphatic rings. The number of benzene rings is 2. The van der Waals surface area contributed by atoms with Crippen LogP contribution in [0.1, 0.15) is 23.1 Å². The fraction of sp³-hybridized carbons (Fsp3) is 0.364. The van der Waals surface area contributed by atoms with E-state index >= 15 is 0 Å². The monoisotopic (exact) mass is 398 g/mol. The molecule has 146 valence electrons. The van der Waals surface area contributed by atoms with E-state index in [1.165, 1.54) is 18.2 Å². The topological polar surface area (TPSA) is 58.6 Å². The van der Waals surface area contributed by atoms with E-state index in [0.29, 0.717) is 36.0 Å². The standard InChI is InChI=1S/C22H23ClN2O3/c1-13-9-19(20(28-2)11-18(13)23)24-21(26)16-10-17(16)22(27)25-8-7-14-5-3-4-6-15(14)12-25/h3-6,9,11,16-17H,7-8,10,12H2,1-2H3,(H,24,26). The number of aryl methyl sites for hydroxylation is 1. The maximum absolute atomic E-state index is 12.9. The van der Waals surface area contributed by atoms with E-state index in [2.05, 4.69) is 17.4 Å². The Labute approximate surface area is 169 Å². The highest BCUT2D eigenvalue weighted by Gasteiger charge is 2.49. The van der Waals surface area contributed by atoms with Crippen molar-refractivity contribution in [3.63, 3.8) is 0 Å². The van der Waals surface area contributed by atoms with Gasteiger partial charge in [0.15, 0.2) is 0 Å². The molecular formula is C22H23ClN2O3. The van der Waals surface area contributed by atoms with Crippen LogP contribution in [-0.4, -0.2) is 30.4 Å². The number of fused-ring (bicyclic) bond motifs is 1. The molecule has 2 aromatic rings. The summed E-state index contributed by atoms with van der Waals surface area (Å²) in [6.07, 6.45) is 1.46. The third-order valence-corrected chi connectivity index (χ3v) is 6.03. The van der Waals surface area contributed by atoms with Crippen molar-refractivity contribution in [3.05, 3.63) is 58.1 Å². The van der Waals surface area contributed by atoms with E-state index in [4.69, 9.17) is 16.3 Å². The Hall–Kier alpha value is -2.53. The summed E-state index contributed by atoms with van der Waals surface area (Å²) in [5.74, 6) is -0.0696. The number of amides is 2. The molecule has 0 spiro atoms. The Morgan fingerprint density at radius 1 is 1.18 bits per heavy atom. The van der Waals surface area contributed by atoms with Gasteiger partial charge in [0.25, 0.3) is 0 Å². The Morgan fingerprint density at radius 3 is 2.68 bits per heavy atom. The number of ether oxygens (including phenoxy) is 1. The minimum absolute atomic E-state index is 0.0777. The maximum Gasteiger partial charge on any atom is 0.228 e. The van der Waals surface area contributed by atoms with Gasteiger partial charge in [0.05, 0.1) is 24.6 Å². The molecule has 2 amide bonds. The van der Waals surface area contributed by atoms with Crippen molar-refractivity contribution in [2.45, 2.75) is 26.3 Å². The fourth-order valence-corrected chi connectivity index (χ4v) is 3.98. The summed E-state index contributed by atoms with van der Waals surface area (Å²) in [6.45, 7) is 3.21. The lowest BCUT2D eigenvalue weighted by atomic mass is 9.99. The van der Waals surface area contributed by atoms with Crippen LogP contribution in [0.4, 0.5) is 5.69 Å². The van der Waals surface area contributed by atoms with Crippen molar-refractivity contribution in [3.8, 4) is 5.75 Å². The molecule has 1 aliphatic carbocycles. The second-order valence-corrected chi connectivity index (χ2v) is 7.93. The number of hydrogen-bond acceptors (Lipinski definition) is 3. The van der Waals surface area contributed by atoms with E-state index in [1.54, 1.807) is 12.1 Å². The number of carbonyl (C=O) groups is 2. The quantitative estimate of drug-likeness (QED) is 0.851.